The Labute approximate surface area is 172 Å². The second kappa shape index (κ2) is 11.8. The maximum absolute atomic E-state index is 12.6. The van der Waals surface area contributed by atoms with Crippen LogP contribution in [0.4, 0.5) is 0 Å². The quantitative estimate of drug-likeness (QED) is 0.216. The van der Waals surface area contributed by atoms with Gasteiger partial charge in [-0.2, -0.15) is 0 Å². The number of carbonyl (C=O) groups excluding carboxylic acids is 1. The molecule has 0 saturated heterocycles. The highest BCUT2D eigenvalue weighted by Crippen LogP contribution is 2.19. The minimum absolute atomic E-state index is 0.103. The van der Waals surface area contributed by atoms with E-state index in [4.69, 9.17) is 0 Å². The van der Waals surface area contributed by atoms with Crippen LogP contribution in [0.25, 0.3) is 0 Å². The lowest BCUT2D eigenvalue weighted by atomic mass is 10.0. The monoisotopic (exact) mass is 380 g/mol. The highest BCUT2D eigenvalue weighted by Gasteiger charge is 2.23. The molecular formula is C26H38NO+. The van der Waals surface area contributed by atoms with E-state index in [-0.39, 0.29) is 5.78 Å². The molecule has 0 amide bonds. The Hall–Kier alpha value is -1.93. The highest BCUT2D eigenvalue weighted by atomic mass is 16.1. The van der Waals surface area contributed by atoms with Crippen LogP contribution in [-0.4, -0.2) is 29.9 Å². The summed E-state index contributed by atoms with van der Waals surface area (Å²) in [5, 5.41) is 0. The van der Waals surface area contributed by atoms with E-state index in [9.17, 15) is 4.79 Å². The van der Waals surface area contributed by atoms with E-state index in [0.29, 0.717) is 0 Å². The van der Waals surface area contributed by atoms with Gasteiger partial charge in [-0.1, -0.05) is 87.2 Å². The summed E-state index contributed by atoms with van der Waals surface area (Å²) in [5.74, 6) is 0.103. The largest absolute Gasteiger partial charge is 0.320 e. The number of carbonyl (C=O) groups is 1. The van der Waals surface area contributed by atoms with Gasteiger partial charge >= 0.3 is 0 Å². The number of ketones is 1. The number of unbranched alkanes of at least 4 members (excludes halogenated alkanes) is 5. The van der Waals surface area contributed by atoms with E-state index in [1.807, 2.05) is 42.5 Å². The number of quaternary nitrogens is 1. The first-order valence-corrected chi connectivity index (χ1v) is 11.2. The van der Waals surface area contributed by atoms with E-state index < -0.39 is 0 Å². The van der Waals surface area contributed by atoms with Crippen molar-refractivity contribution in [3.8, 4) is 0 Å². The molecule has 0 unspecified atom stereocenters. The lowest BCUT2D eigenvalue weighted by Crippen LogP contribution is -2.47. The molecule has 0 atom stereocenters. The topological polar surface area (TPSA) is 17.1 Å². The summed E-state index contributed by atoms with van der Waals surface area (Å²) < 4.78 is 1.14. The molecule has 0 bridgehead atoms. The van der Waals surface area contributed by atoms with Crippen molar-refractivity contribution < 1.29 is 9.28 Å². The average molecular weight is 381 g/mol. The van der Waals surface area contributed by atoms with Gasteiger partial charge in [-0.3, -0.25) is 4.79 Å². The normalized spacial score (nSPS) is 11.5. The highest BCUT2D eigenvalue weighted by molar-refractivity contribution is 6.08. The van der Waals surface area contributed by atoms with Gasteiger partial charge in [0.2, 0.25) is 0 Å². The third-order valence-corrected chi connectivity index (χ3v) is 6.10. The fourth-order valence-corrected chi connectivity index (χ4v) is 3.98. The molecule has 28 heavy (non-hydrogen) atoms. The van der Waals surface area contributed by atoms with E-state index in [1.54, 1.807) is 0 Å². The smallest absolute Gasteiger partial charge is 0.193 e. The van der Waals surface area contributed by atoms with Crippen LogP contribution in [0.1, 0.15) is 80.8 Å². The molecule has 2 aromatic carbocycles. The number of benzene rings is 2. The lowest BCUT2D eigenvalue weighted by Gasteiger charge is -2.37. The Morgan fingerprint density at radius 3 is 1.89 bits per heavy atom. The summed E-state index contributed by atoms with van der Waals surface area (Å²) >= 11 is 0. The van der Waals surface area contributed by atoms with E-state index in [2.05, 4.69) is 32.9 Å². The first kappa shape index (κ1) is 22.4. The van der Waals surface area contributed by atoms with E-state index >= 15 is 0 Å². The summed E-state index contributed by atoms with van der Waals surface area (Å²) in [6.07, 6.45) is 8.10. The van der Waals surface area contributed by atoms with Gasteiger partial charge in [-0.25, -0.2) is 0 Å². The molecule has 0 fully saturated rings. The molecule has 2 aromatic rings. The van der Waals surface area contributed by atoms with Gasteiger partial charge in [0.05, 0.1) is 19.6 Å². The van der Waals surface area contributed by atoms with Crippen LogP contribution in [-0.2, 0) is 6.54 Å². The van der Waals surface area contributed by atoms with Gasteiger partial charge in [-0.05, 0) is 26.7 Å². The Morgan fingerprint density at radius 2 is 1.29 bits per heavy atom. The summed E-state index contributed by atoms with van der Waals surface area (Å²) in [5.41, 5.74) is 2.86. The van der Waals surface area contributed by atoms with Crippen molar-refractivity contribution >= 4 is 5.78 Å². The van der Waals surface area contributed by atoms with E-state index in [1.165, 1.54) is 50.6 Å². The number of rotatable bonds is 13. The molecule has 0 N–H and O–H groups in total. The SMILES string of the molecule is CCCCCCCC[N+](CC)(CC)Cc1ccc(C(=O)c2ccccc2)cc1. The summed E-state index contributed by atoms with van der Waals surface area (Å²) in [4.78, 5) is 12.6. The van der Waals surface area contributed by atoms with Crippen LogP contribution in [0.5, 0.6) is 0 Å². The summed E-state index contributed by atoms with van der Waals surface area (Å²) in [7, 11) is 0. The molecule has 0 aromatic heterocycles. The second-order valence-corrected chi connectivity index (χ2v) is 8.02. The molecule has 152 valence electrons. The standard InChI is InChI=1S/C26H38NO/c1-4-7-8-9-10-14-21-27(5-2,6-3)22-23-17-19-25(20-18-23)26(28)24-15-12-11-13-16-24/h11-13,15-20H,4-10,14,21-22H2,1-3H3/q+1. The first-order valence-electron chi connectivity index (χ1n) is 11.2. The van der Waals surface area contributed by atoms with Crippen molar-refractivity contribution in [2.45, 2.75) is 65.8 Å². The Balaban J connectivity index is 1.96. The van der Waals surface area contributed by atoms with Gasteiger partial charge in [0.15, 0.2) is 5.78 Å². The minimum atomic E-state index is 0.103. The predicted molar refractivity (Wildman–Crippen MR) is 120 cm³/mol. The van der Waals surface area contributed by atoms with Crippen molar-refractivity contribution in [2.24, 2.45) is 0 Å². The lowest BCUT2D eigenvalue weighted by molar-refractivity contribution is -0.938. The zero-order valence-electron chi connectivity index (χ0n) is 18.1. The Bertz CT molecular complexity index is 686. The fraction of sp³-hybridized carbons (Fsp3) is 0.500. The molecule has 0 aliphatic carbocycles. The zero-order valence-corrected chi connectivity index (χ0v) is 18.1. The molecular weight excluding hydrogens is 342 g/mol. The van der Waals surface area contributed by atoms with Crippen LogP contribution in [0.3, 0.4) is 0 Å². The van der Waals surface area contributed by atoms with Gasteiger partial charge in [0, 0.05) is 16.7 Å². The van der Waals surface area contributed by atoms with Crippen molar-refractivity contribution in [3.63, 3.8) is 0 Å². The average Bonchev–Trinajstić information content (AvgIpc) is 2.76. The second-order valence-electron chi connectivity index (χ2n) is 8.02. The third kappa shape index (κ3) is 6.60. The number of hydrogen-bond donors (Lipinski definition) is 0. The van der Waals surface area contributed by atoms with Crippen LogP contribution < -0.4 is 0 Å². The molecule has 2 nitrogen and oxygen atoms in total. The van der Waals surface area contributed by atoms with Crippen LogP contribution >= 0.6 is 0 Å². The molecule has 2 rings (SSSR count). The Morgan fingerprint density at radius 1 is 0.714 bits per heavy atom. The van der Waals surface area contributed by atoms with Gasteiger partial charge < -0.3 is 4.48 Å². The third-order valence-electron chi connectivity index (χ3n) is 6.10. The molecule has 2 heteroatoms. The summed E-state index contributed by atoms with van der Waals surface area (Å²) in [6, 6.07) is 17.8. The van der Waals surface area contributed by atoms with Crippen molar-refractivity contribution in [3.05, 3.63) is 71.3 Å². The molecule has 0 saturated carbocycles. The molecule has 0 aliphatic rings. The van der Waals surface area contributed by atoms with Crippen molar-refractivity contribution in [1.82, 2.24) is 0 Å². The van der Waals surface area contributed by atoms with Crippen molar-refractivity contribution in [2.75, 3.05) is 19.6 Å². The van der Waals surface area contributed by atoms with Gasteiger partial charge in [0.25, 0.3) is 0 Å². The maximum Gasteiger partial charge on any atom is 0.193 e. The fourth-order valence-electron chi connectivity index (χ4n) is 3.98. The van der Waals surface area contributed by atoms with Crippen LogP contribution in [0, 0.1) is 0 Å². The molecule has 0 radical (unpaired) electrons. The van der Waals surface area contributed by atoms with Crippen molar-refractivity contribution in [1.29, 1.82) is 0 Å². The number of hydrogen-bond acceptors (Lipinski definition) is 1. The molecule has 0 aliphatic heterocycles. The first-order chi connectivity index (χ1) is 13.6. The maximum atomic E-state index is 12.6. The number of nitrogens with zero attached hydrogens (tertiary/aromatic N) is 1. The molecule has 0 spiro atoms. The van der Waals surface area contributed by atoms with Crippen LogP contribution in [0.15, 0.2) is 54.6 Å². The summed E-state index contributed by atoms with van der Waals surface area (Å²) in [6.45, 7) is 11.5. The Kier molecular flexibility index (Phi) is 9.43. The predicted octanol–water partition coefficient (Wildman–Crippen LogP) is 6.63. The van der Waals surface area contributed by atoms with E-state index in [0.717, 1.165) is 35.2 Å². The molecule has 0 heterocycles. The van der Waals surface area contributed by atoms with Crippen LogP contribution in [0.2, 0.25) is 0 Å². The van der Waals surface area contributed by atoms with Gasteiger partial charge in [-0.15, -0.1) is 0 Å². The minimum Gasteiger partial charge on any atom is -0.320 e. The zero-order chi connectivity index (χ0) is 20.2. The van der Waals surface area contributed by atoms with Gasteiger partial charge in [0.1, 0.15) is 6.54 Å².